The largest absolute Gasteiger partial charge is 0.465 e. The number of benzene rings is 2. The van der Waals surface area contributed by atoms with Crippen molar-refractivity contribution in [2.24, 2.45) is 0 Å². The number of fused-ring (bicyclic) bond motifs is 1. The lowest BCUT2D eigenvalue weighted by atomic mass is 9.87. The summed E-state index contributed by atoms with van der Waals surface area (Å²) in [4.78, 5) is 31.0. The lowest BCUT2D eigenvalue weighted by Gasteiger charge is -2.37. The molecule has 1 aliphatic rings. The molecule has 0 unspecified atom stereocenters. The lowest BCUT2D eigenvalue weighted by Crippen LogP contribution is -2.47. The Kier molecular flexibility index (Phi) is 9.23. The molecule has 1 amide bonds. The van der Waals surface area contributed by atoms with Gasteiger partial charge < -0.3 is 24.2 Å². The summed E-state index contributed by atoms with van der Waals surface area (Å²) in [5.74, 6) is 0.461. The molecule has 1 N–H and O–H groups in total. The first-order chi connectivity index (χ1) is 18.9. The second-order valence-corrected chi connectivity index (χ2v) is 11.4. The molecule has 40 heavy (non-hydrogen) atoms. The van der Waals surface area contributed by atoms with Crippen LogP contribution in [0, 0.1) is 0 Å². The van der Waals surface area contributed by atoms with Gasteiger partial charge in [0.25, 0.3) is 0 Å². The number of aryl methyl sites for hydroxylation is 1. The van der Waals surface area contributed by atoms with Crippen molar-refractivity contribution in [2.75, 3.05) is 13.7 Å². The van der Waals surface area contributed by atoms with E-state index in [1.165, 1.54) is 19.4 Å². The lowest BCUT2D eigenvalue weighted by molar-refractivity contribution is 0.00191. The smallest absolute Gasteiger partial charge is 0.410 e. The van der Waals surface area contributed by atoms with Crippen molar-refractivity contribution in [2.45, 2.75) is 57.8 Å². The SMILES string of the molecule is COC(=O)c1cc(Oc2ccc3c(c2)C[C@@H](N(C[C@H](O)c2ccc(Cl)nc2)C(=O)OC(C)(C)C)CC3)ccc1Cl. The highest BCUT2D eigenvalue weighted by Gasteiger charge is 2.33. The molecule has 0 aliphatic heterocycles. The third kappa shape index (κ3) is 7.44. The summed E-state index contributed by atoms with van der Waals surface area (Å²) in [5, 5.41) is 11.6. The normalized spacial score (nSPS) is 15.5. The molecule has 4 rings (SSSR count). The van der Waals surface area contributed by atoms with Crippen molar-refractivity contribution in [3.8, 4) is 11.5 Å². The molecular formula is C30H32Cl2N2O6. The van der Waals surface area contributed by atoms with E-state index in [9.17, 15) is 14.7 Å². The highest BCUT2D eigenvalue weighted by atomic mass is 35.5. The molecule has 1 aliphatic carbocycles. The van der Waals surface area contributed by atoms with E-state index in [-0.39, 0.29) is 23.2 Å². The van der Waals surface area contributed by atoms with Crippen LogP contribution in [0.3, 0.4) is 0 Å². The highest BCUT2D eigenvalue weighted by molar-refractivity contribution is 6.33. The van der Waals surface area contributed by atoms with Gasteiger partial charge in [0.1, 0.15) is 22.3 Å². The maximum absolute atomic E-state index is 13.3. The average molecular weight is 588 g/mol. The summed E-state index contributed by atoms with van der Waals surface area (Å²) in [6.07, 6.45) is 2.03. The summed E-state index contributed by atoms with van der Waals surface area (Å²) in [6, 6.07) is 13.7. The third-order valence-corrected chi connectivity index (χ3v) is 7.09. The topological polar surface area (TPSA) is 98.2 Å². The highest BCUT2D eigenvalue weighted by Crippen LogP contribution is 2.33. The Bertz CT molecular complexity index is 1370. The van der Waals surface area contributed by atoms with Crippen molar-refractivity contribution in [1.82, 2.24) is 9.88 Å². The number of carbonyl (C=O) groups excluding carboxylic acids is 2. The van der Waals surface area contributed by atoms with Crippen molar-refractivity contribution < 1.29 is 28.9 Å². The van der Waals surface area contributed by atoms with E-state index < -0.39 is 23.8 Å². The summed E-state index contributed by atoms with van der Waals surface area (Å²) in [5.41, 5.74) is 2.24. The van der Waals surface area contributed by atoms with Gasteiger partial charge in [0.2, 0.25) is 0 Å². The van der Waals surface area contributed by atoms with Crippen molar-refractivity contribution in [3.63, 3.8) is 0 Å². The fraction of sp³-hybridized carbons (Fsp3) is 0.367. The minimum absolute atomic E-state index is 0.0372. The molecule has 10 heteroatoms. The van der Waals surface area contributed by atoms with Gasteiger partial charge in [-0.05, 0) is 87.6 Å². The van der Waals surface area contributed by atoms with E-state index in [0.29, 0.717) is 35.1 Å². The van der Waals surface area contributed by atoms with E-state index in [0.717, 1.165) is 17.5 Å². The van der Waals surface area contributed by atoms with Crippen LogP contribution >= 0.6 is 23.2 Å². The van der Waals surface area contributed by atoms with Crippen LogP contribution in [0.5, 0.6) is 11.5 Å². The Morgan fingerprint density at radius 1 is 1.07 bits per heavy atom. The maximum Gasteiger partial charge on any atom is 0.410 e. The first-order valence-electron chi connectivity index (χ1n) is 12.9. The fourth-order valence-electron chi connectivity index (χ4n) is 4.58. The second-order valence-electron chi connectivity index (χ2n) is 10.6. The van der Waals surface area contributed by atoms with Crippen LogP contribution in [0.4, 0.5) is 4.79 Å². The molecule has 0 bridgehead atoms. The Hall–Kier alpha value is -3.33. The van der Waals surface area contributed by atoms with Gasteiger partial charge in [-0.2, -0.15) is 0 Å². The number of carbonyl (C=O) groups is 2. The number of methoxy groups -OCH3 is 1. The van der Waals surface area contributed by atoms with Gasteiger partial charge in [0.05, 0.1) is 30.3 Å². The van der Waals surface area contributed by atoms with Gasteiger partial charge in [-0.15, -0.1) is 0 Å². The number of hydrogen-bond acceptors (Lipinski definition) is 7. The number of aliphatic hydroxyl groups excluding tert-OH is 1. The van der Waals surface area contributed by atoms with Gasteiger partial charge in [-0.3, -0.25) is 0 Å². The fourth-order valence-corrected chi connectivity index (χ4v) is 4.89. The standard InChI is InChI=1S/C30H32Cl2N2O6/c1-30(2,3)40-29(37)34(17-26(35)19-7-12-27(32)33-16-19)21-8-5-18-6-9-22(14-20(18)13-21)39-23-10-11-25(31)24(15-23)28(36)38-4/h6-7,9-12,14-16,21,26,35H,5,8,13,17H2,1-4H3/t21-,26-/m0/s1. The van der Waals surface area contributed by atoms with Crippen LogP contribution in [0.2, 0.25) is 10.2 Å². The van der Waals surface area contributed by atoms with Gasteiger partial charge >= 0.3 is 12.1 Å². The molecule has 0 radical (unpaired) electrons. The summed E-state index contributed by atoms with van der Waals surface area (Å²) in [7, 11) is 1.29. The Morgan fingerprint density at radius 3 is 2.48 bits per heavy atom. The summed E-state index contributed by atoms with van der Waals surface area (Å²) < 4.78 is 16.6. The van der Waals surface area contributed by atoms with Crippen molar-refractivity contribution >= 4 is 35.3 Å². The van der Waals surface area contributed by atoms with E-state index in [4.69, 9.17) is 37.4 Å². The van der Waals surface area contributed by atoms with E-state index >= 15 is 0 Å². The number of hydrogen-bond donors (Lipinski definition) is 1. The number of rotatable bonds is 7. The van der Waals surface area contributed by atoms with Gasteiger partial charge in [-0.25, -0.2) is 14.6 Å². The van der Waals surface area contributed by atoms with E-state index in [1.807, 2.05) is 39.0 Å². The van der Waals surface area contributed by atoms with E-state index in [2.05, 4.69) is 4.98 Å². The van der Waals surface area contributed by atoms with Crippen LogP contribution in [0.25, 0.3) is 0 Å². The number of ether oxygens (including phenoxy) is 3. The van der Waals surface area contributed by atoms with Crippen LogP contribution in [0.1, 0.15) is 60.3 Å². The molecule has 0 spiro atoms. The Labute approximate surface area is 243 Å². The number of nitrogens with zero attached hydrogens (tertiary/aromatic N) is 2. The molecule has 2 atom stereocenters. The molecule has 0 saturated heterocycles. The van der Waals surface area contributed by atoms with Gasteiger partial charge in [0.15, 0.2) is 0 Å². The molecule has 0 fully saturated rings. The molecular weight excluding hydrogens is 555 g/mol. The molecule has 1 aromatic heterocycles. The quantitative estimate of drug-likeness (QED) is 0.240. The minimum Gasteiger partial charge on any atom is -0.465 e. The second kappa shape index (κ2) is 12.5. The van der Waals surface area contributed by atoms with Crippen molar-refractivity contribution in [1.29, 1.82) is 0 Å². The van der Waals surface area contributed by atoms with E-state index in [1.54, 1.807) is 29.2 Å². The Morgan fingerprint density at radius 2 is 1.80 bits per heavy atom. The molecule has 1 heterocycles. The average Bonchev–Trinajstić information content (AvgIpc) is 2.91. The monoisotopic (exact) mass is 586 g/mol. The number of amides is 1. The third-order valence-electron chi connectivity index (χ3n) is 6.53. The van der Waals surface area contributed by atoms with Crippen LogP contribution in [-0.4, -0.2) is 52.4 Å². The predicted octanol–water partition coefficient (Wildman–Crippen LogP) is 6.80. The molecule has 2 aromatic carbocycles. The van der Waals surface area contributed by atoms with Crippen LogP contribution in [0.15, 0.2) is 54.7 Å². The Balaban J connectivity index is 1.56. The zero-order chi connectivity index (χ0) is 29.0. The number of esters is 1. The van der Waals surface area contributed by atoms with Crippen LogP contribution < -0.4 is 4.74 Å². The number of aliphatic hydroxyl groups is 1. The first-order valence-corrected chi connectivity index (χ1v) is 13.7. The molecule has 3 aromatic rings. The first kappa shape index (κ1) is 29.6. The minimum atomic E-state index is -0.970. The number of aromatic nitrogens is 1. The van der Waals surface area contributed by atoms with Crippen LogP contribution in [-0.2, 0) is 22.3 Å². The van der Waals surface area contributed by atoms with Gasteiger partial charge in [-0.1, -0.05) is 35.3 Å². The zero-order valence-corrected chi connectivity index (χ0v) is 24.3. The summed E-state index contributed by atoms with van der Waals surface area (Å²) >= 11 is 12.0. The van der Waals surface area contributed by atoms with Crippen molar-refractivity contribution in [3.05, 3.63) is 87.2 Å². The molecule has 8 nitrogen and oxygen atoms in total. The number of halogens is 2. The number of pyridine rings is 1. The van der Waals surface area contributed by atoms with Gasteiger partial charge in [0, 0.05) is 17.8 Å². The zero-order valence-electron chi connectivity index (χ0n) is 22.8. The maximum atomic E-state index is 13.3. The summed E-state index contributed by atoms with van der Waals surface area (Å²) in [6.45, 7) is 5.47. The molecule has 212 valence electrons. The predicted molar refractivity (Wildman–Crippen MR) is 152 cm³/mol. The molecule has 0 saturated carbocycles.